The van der Waals surface area contributed by atoms with Crippen molar-refractivity contribution < 1.29 is 15.2 Å². The highest BCUT2D eigenvalue weighted by molar-refractivity contribution is 5.79. The number of nitro benzene ring substituents is 1. The first-order valence-electron chi connectivity index (χ1n) is 4.67. The standard InChI is InChI=1S/C8H11N5O2.HNO3/c9-4-5-1-6(12-8(10)11)3-7(2-5)13(14)15;2-1(3)4/h1-3H,4,9H2,(H4,10,11,12);(H,2,3,4). The van der Waals surface area contributed by atoms with E-state index in [1.807, 2.05) is 0 Å². The van der Waals surface area contributed by atoms with Crippen molar-refractivity contribution in [2.75, 3.05) is 0 Å². The second-order valence-corrected chi connectivity index (χ2v) is 3.09. The summed E-state index contributed by atoms with van der Waals surface area (Å²) in [6, 6.07) is 4.25. The molecule has 7 N–H and O–H groups in total. The third-order valence-electron chi connectivity index (χ3n) is 1.67. The van der Waals surface area contributed by atoms with Crippen molar-refractivity contribution in [3.05, 3.63) is 44.0 Å². The zero-order valence-corrected chi connectivity index (χ0v) is 9.59. The Kier molecular flexibility index (Phi) is 6.24. The van der Waals surface area contributed by atoms with E-state index in [1.165, 1.54) is 12.1 Å². The van der Waals surface area contributed by atoms with Crippen molar-refractivity contribution in [2.24, 2.45) is 22.2 Å². The van der Waals surface area contributed by atoms with Crippen LogP contribution in [-0.4, -0.2) is 21.2 Å². The highest BCUT2D eigenvalue weighted by Crippen LogP contribution is 2.22. The number of nitrogens with zero attached hydrogens (tertiary/aromatic N) is 3. The van der Waals surface area contributed by atoms with Crippen LogP contribution in [0.15, 0.2) is 23.2 Å². The van der Waals surface area contributed by atoms with Crippen LogP contribution in [0.4, 0.5) is 11.4 Å². The van der Waals surface area contributed by atoms with E-state index in [0.29, 0.717) is 11.3 Å². The molecule has 19 heavy (non-hydrogen) atoms. The molecule has 11 heteroatoms. The Morgan fingerprint density at radius 1 is 1.26 bits per heavy atom. The maximum Gasteiger partial charge on any atom is 0.291 e. The number of nitrogens with two attached hydrogens (primary N) is 3. The molecule has 104 valence electrons. The number of aliphatic imine (C=N–C) groups is 1. The number of hydrogen-bond acceptors (Lipinski definition) is 6. The average Bonchev–Trinajstić information content (AvgIpc) is 2.26. The molecule has 0 saturated carbocycles. The van der Waals surface area contributed by atoms with Crippen LogP contribution in [0.2, 0.25) is 0 Å². The van der Waals surface area contributed by atoms with Gasteiger partial charge in [0.1, 0.15) is 0 Å². The summed E-state index contributed by atoms with van der Waals surface area (Å²) in [5.41, 5.74) is 16.6. The molecule has 1 aromatic rings. The molecule has 1 aromatic carbocycles. The molecular formula is C8H12N6O5. The van der Waals surface area contributed by atoms with E-state index >= 15 is 0 Å². The molecule has 0 unspecified atom stereocenters. The monoisotopic (exact) mass is 272 g/mol. The maximum absolute atomic E-state index is 10.6. The summed E-state index contributed by atoms with van der Waals surface area (Å²) in [7, 11) is 0. The highest BCUT2D eigenvalue weighted by Gasteiger charge is 2.08. The molecule has 0 radical (unpaired) electrons. The van der Waals surface area contributed by atoms with E-state index in [2.05, 4.69) is 4.99 Å². The zero-order valence-electron chi connectivity index (χ0n) is 9.59. The quantitative estimate of drug-likeness (QED) is 0.246. The summed E-state index contributed by atoms with van der Waals surface area (Å²) in [5.74, 6) is -0.154. The fraction of sp³-hybridized carbons (Fsp3) is 0.125. The summed E-state index contributed by atoms with van der Waals surface area (Å²) >= 11 is 0. The number of non-ortho nitro benzene ring substituents is 1. The first kappa shape index (κ1) is 16.1. The zero-order chi connectivity index (χ0) is 15.0. The Morgan fingerprint density at radius 2 is 1.79 bits per heavy atom. The van der Waals surface area contributed by atoms with Gasteiger partial charge in [-0.25, -0.2) is 4.99 Å². The van der Waals surface area contributed by atoms with Crippen molar-refractivity contribution >= 4 is 17.3 Å². The number of rotatable bonds is 3. The maximum atomic E-state index is 10.6. The van der Waals surface area contributed by atoms with Crippen LogP contribution < -0.4 is 17.2 Å². The normalized spacial score (nSPS) is 8.89. The minimum Gasteiger partial charge on any atom is -0.370 e. The van der Waals surface area contributed by atoms with E-state index in [9.17, 15) is 10.1 Å². The van der Waals surface area contributed by atoms with Gasteiger partial charge in [0, 0.05) is 18.7 Å². The summed E-state index contributed by atoms with van der Waals surface area (Å²) in [6.07, 6.45) is 0. The topological polar surface area (TPSA) is 197 Å². The number of benzene rings is 1. The van der Waals surface area contributed by atoms with E-state index in [-0.39, 0.29) is 18.2 Å². The van der Waals surface area contributed by atoms with Crippen LogP contribution in [0.25, 0.3) is 0 Å². The third kappa shape index (κ3) is 7.06. The summed E-state index contributed by atoms with van der Waals surface area (Å²) in [4.78, 5) is 22.1. The first-order valence-corrected chi connectivity index (χ1v) is 4.67. The number of guanidine groups is 1. The van der Waals surface area contributed by atoms with Crippen molar-refractivity contribution in [1.82, 2.24) is 0 Å². The highest BCUT2D eigenvalue weighted by atomic mass is 16.9. The number of hydrogen-bond donors (Lipinski definition) is 4. The van der Waals surface area contributed by atoms with Crippen molar-refractivity contribution in [3.63, 3.8) is 0 Å². The lowest BCUT2D eigenvalue weighted by Gasteiger charge is -2.00. The SMILES string of the molecule is NCc1cc(N=C(N)N)cc([N+](=O)[O-])c1.O=[N+]([O-])O. The van der Waals surface area contributed by atoms with E-state index < -0.39 is 10.0 Å². The van der Waals surface area contributed by atoms with Gasteiger partial charge >= 0.3 is 0 Å². The molecular weight excluding hydrogens is 260 g/mol. The van der Waals surface area contributed by atoms with Crippen molar-refractivity contribution in [1.29, 1.82) is 0 Å². The van der Waals surface area contributed by atoms with Gasteiger partial charge in [-0.2, -0.15) is 0 Å². The molecule has 0 bridgehead atoms. The average molecular weight is 272 g/mol. The van der Waals surface area contributed by atoms with E-state index in [1.54, 1.807) is 6.07 Å². The largest absolute Gasteiger partial charge is 0.370 e. The lowest BCUT2D eigenvalue weighted by atomic mass is 10.2. The predicted molar refractivity (Wildman–Crippen MR) is 65.2 cm³/mol. The lowest BCUT2D eigenvalue weighted by Crippen LogP contribution is -2.21. The summed E-state index contributed by atoms with van der Waals surface area (Å²) < 4.78 is 0. The van der Waals surface area contributed by atoms with E-state index in [0.717, 1.165) is 0 Å². The molecule has 0 atom stereocenters. The molecule has 0 heterocycles. The fourth-order valence-electron chi connectivity index (χ4n) is 1.09. The van der Waals surface area contributed by atoms with Gasteiger partial charge in [-0.15, -0.1) is 10.1 Å². The molecule has 0 amide bonds. The van der Waals surface area contributed by atoms with Gasteiger partial charge in [0.15, 0.2) is 5.96 Å². The number of nitro groups is 1. The van der Waals surface area contributed by atoms with Gasteiger partial charge in [0.2, 0.25) is 0 Å². The lowest BCUT2D eigenvalue weighted by molar-refractivity contribution is -0.742. The Balaban J connectivity index is 0.000000711. The van der Waals surface area contributed by atoms with Gasteiger partial charge in [-0.05, 0) is 11.6 Å². The first-order chi connectivity index (χ1) is 8.76. The van der Waals surface area contributed by atoms with Crippen LogP contribution >= 0.6 is 0 Å². The van der Waals surface area contributed by atoms with Gasteiger partial charge in [-0.3, -0.25) is 10.1 Å². The Morgan fingerprint density at radius 3 is 2.16 bits per heavy atom. The molecule has 0 spiro atoms. The van der Waals surface area contributed by atoms with Crippen LogP contribution in [0.3, 0.4) is 0 Å². The van der Waals surface area contributed by atoms with E-state index in [4.69, 9.17) is 32.5 Å². The third-order valence-corrected chi connectivity index (χ3v) is 1.67. The second kappa shape index (κ2) is 7.39. The molecule has 0 aliphatic carbocycles. The second-order valence-electron chi connectivity index (χ2n) is 3.09. The van der Waals surface area contributed by atoms with Crippen molar-refractivity contribution in [3.8, 4) is 0 Å². The Bertz CT molecular complexity index is 494. The Hall–Kier alpha value is -2.95. The molecule has 11 nitrogen and oxygen atoms in total. The Labute approximate surface area is 106 Å². The minimum atomic E-state index is -1.50. The van der Waals surface area contributed by atoms with Crippen LogP contribution in [0.5, 0.6) is 0 Å². The summed E-state index contributed by atoms with van der Waals surface area (Å²) in [5, 5.41) is 24.2. The molecule has 1 rings (SSSR count). The van der Waals surface area contributed by atoms with Gasteiger partial charge in [-0.1, -0.05) is 0 Å². The molecule has 0 saturated heterocycles. The predicted octanol–water partition coefficient (Wildman–Crippen LogP) is -0.389. The molecule has 0 aliphatic rings. The van der Waals surface area contributed by atoms with Gasteiger partial charge in [0.05, 0.1) is 10.6 Å². The fourth-order valence-corrected chi connectivity index (χ4v) is 1.09. The van der Waals surface area contributed by atoms with Gasteiger partial charge < -0.3 is 22.4 Å². The van der Waals surface area contributed by atoms with Crippen molar-refractivity contribution in [2.45, 2.75) is 6.54 Å². The van der Waals surface area contributed by atoms with Gasteiger partial charge in [0.25, 0.3) is 10.8 Å². The van der Waals surface area contributed by atoms with Crippen LogP contribution in [0.1, 0.15) is 5.56 Å². The molecule has 0 aliphatic heterocycles. The van der Waals surface area contributed by atoms with Crippen LogP contribution in [-0.2, 0) is 6.54 Å². The minimum absolute atomic E-state index is 0.0852. The molecule has 0 aromatic heterocycles. The van der Waals surface area contributed by atoms with Crippen LogP contribution in [0, 0.1) is 20.2 Å². The summed E-state index contributed by atoms with van der Waals surface area (Å²) in [6.45, 7) is 0.189. The smallest absolute Gasteiger partial charge is 0.291 e. The molecule has 0 fully saturated rings.